The topological polar surface area (TPSA) is 52.8 Å². The van der Waals surface area contributed by atoms with Gasteiger partial charge < -0.3 is 4.90 Å². The summed E-state index contributed by atoms with van der Waals surface area (Å²) in [5.41, 5.74) is 0.583. The quantitative estimate of drug-likeness (QED) is 0.696. The maximum Gasteiger partial charge on any atom is 0.149 e. The van der Waals surface area contributed by atoms with Gasteiger partial charge in [0.05, 0.1) is 6.20 Å². The number of nitrogens with zero attached hydrogens (tertiary/aromatic N) is 4. The Morgan fingerprint density at radius 2 is 1.93 bits per heavy atom. The molecule has 78 valence electrons. The Bertz CT molecular complexity index is 361. The van der Waals surface area contributed by atoms with Crippen LogP contribution in [0.25, 0.3) is 0 Å². The highest BCUT2D eigenvalue weighted by Gasteiger charge is 2.14. The molecule has 1 fully saturated rings. The summed E-state index contributed by atoms with van der Waals surface area (Å²) in [4.78, 5) is 10.3. The van der Waals surface area contributed by atoms with Gasteiger partial charge in [-0.1, -0.05) is 12.8 Å². The molecule has 0 aliphatic carbocycles. The van der Waals surface area contributed by atoms with Crippen molar-refractivity contribution in [3.05, 3.63) is 18.1 Å². The molecule has 0 amide bonds. The average Bonchev–Trinajstić information content (AvgIpc) is 2.57. The van der Waals surface area contributed by atoms with Crippen LogP contribution in [-0.4, -0.2) is 23.1 Å². The lowest BCUT2D eigenvalue weighted by Gasteiger charge is -2.21. The van der Waals surface area contributed by atoms with Crippen LogP contribution in [0.5, 0.6) is 0 Å². The third-order valence-electron chi connectivity index (χ3n) is 2.72. The van der Waals surface area contributed by atoms with Gasteiger partial charge in [0.1, 0.15) is 23.8 Å². The monoisotopic (exact) mass is 202 g/mol. The molecule has 2 heterocycles. The van der Waals surface area contributed by atoms with Gasteiger partial charge in [-0.25, -0.2) is 9.97 Å². The number of hydrogen-bond acceptors (Lipinski definition) is 4. The van der Waals surface area contributed by atoms with E-state index in [9.17, 15) is 0 Å². The molecule has 1 aliphatic heterocycles. The lowest BCUT2D eigenvalue weighted by Crippen LogP contribution is -2.25. The van der Waals surface area contributed by atoms with Crippen molar-refractivity contribution in [2.75, 3.05) is 18.0 Å². The van der Waals surface area contributed by atoms with E-state index < -0.39 is 0 Å². The van der Waals surface area contributed by atoms with E-state index in [0.29, 0.717) is 5.56 Å². The van der Waals surface area contributed by atoms with Crippen LogP contribution in [0.1, 0.15) is 31.2 Å². The maximum atomic E-state index is 8.96. The van der Waals surface area contributed by atoms with Crippen LogP contribution in [0.2, 0.25) is 0 Å². The normalized spacial score (nSPS) is 16.9. The highest BCUT2D eigenvalue weighted by atomic mass is 15.2. The van der Waals surface area contributed by atoms with Gasteiger partial charge in [0.15, 0.2) is 0 Å². The third-order valence-corrected chi connectivity index (χ3v) is 2.72. The molecular formula is C11H14N4. The molecule has 0 radical (unpaired) electrons. The fraction of sp³-hybridized carbons (Fsp3) is 0.545. The van der Waals surface area contributed by atoms with Crippen molar-refractivity contribution >= 4 is 5.82 Å². The number of anilines is 1. The van der Waals surface area contributed by atoms with Crippen LogP contribution < -0.4 is 4.90 Å². The van der Waals surface area contributed by atoms with E-state index in [0.717, 1.165) is 18.9 Å². The molecule has 4 heteroatoms. The molecule has 0 bridgehead atoms. The molecule has 0 atom stereocenters. The molecule has 0 N–H and O–H groups in total. The van der Waals surface area contributed by atoms with Gasteiger partial charge in [-0.3, -0.25) is 0 Å². The molecule has 1 aromatic rings. The Morgan fingerprint density at radius 1 is 1.20 bits per heavy atom. The fourth-order valence-electron chi connectivity index (χ4n) is 1.94. The van der Waals surface area contributed by atoms with Crippen molar-refractivity contribution in [3.63, 3.8) is 0 Å². The molecule has 2 rings (SSSR count). The van der Waals surface area contributed by atoms with Crippen LogP contribution in [-0.2, 0) is 0 Å². The van der Waals surface area contributed by atoms with Crippen LogP contribution in [0.3, 0.4) is 0 Å². The molecule has 0 aromatic carbocycles. The molecule has 15 heavy (non-hydrogen) atoms. The largest absolute Gasteiger partial charge is 0.355 e. The minimum atomic E-state index is 0.583. The van der Waals surface area contributed by atoms with E-state index in [-0.39, 0.29) is 0 Å². The highest BCUT2D eigenvalue weighted by molar-refractivity contribution is 5.52. The lowest BCUT2D eigenvalue weighted by atomic mass is 10.2. The zero-order valence-corrected chi connectivity index (χ0v) is 8.69. The molecule has 0 unspecified atom stereocenters. The zero-order chi connectivity index (χ0) is 10.5. The summed E-state index contributed by atoms with van der Waals surface area (Å²) in [6.07, 6.45) is 8.05. The lowest BCUT2D eigenvalue weighted by molar-refractivity contribution is 0.726. The zero-order valence-electron chi connectivity index (χ0n) is 8.69. The van der Waals surface area contributed by atoms with Crippen molar-refractivity contribution in [1.29, 1.82) is 5.26 Å². The van der Waals surface area contributed by atoms with Gasteiger partial charge in [0.25, 0.3) is 0 Å². The summed E-state index contributed by atoms with van der Waals surface area (Å²) in [6, 6.07) is 2.15. The maximum absolute atomic E-state index is 8.96. The molecule has 1 aliphatic rings. The van der Waals surface area contributed by atoms with Crippen LogP contribution in [0.15, 0.2) is 12.5 Å². The number of nitriles is 1. The Labute approximate surface area is 89.6 Å². The van der Waals surface area contributed by atoms with Gasteiger partial charge in [-0.05, 0) is 12.8 Å². The standard InChI is InChI=1S/C11H14N4/c12-7-10-8-13-9-14-11(10)15-5-3-1-2-4-6-15/h8-9H,1-6H2. The van der Waals surface area contributed by atoms with Gasteiger partial charge in [0, 0.05) is 13.1 Å². The van der Waals surface area contributed by atoms with Gasteiger partial charge >= 0.3 is 0 Å². The first kappa shape index (κ1) is 9.91. The Kier molecular flexibility index (Phi) is 3.13. The second kappa shape index (κ2) is 4.74. The molecular weight excluding hydrogens is 188 g/mol. The average molecular weight is 202 g/mol. The van der Waals surface area contributed by atoms with Crippen molar-refractivity contribution in [2.45, 2.75) is 25.7 Å². The van der Waals surface area contributed by atoms with E-state index in [1.54, 1.807) is 6.20 Å². The third kappa shape index (κ3) is 2.24. The van der Waals surface area contributed by atoms with E-state index in [1.165, 1.54) is 32.0 Å². The van der Waals surface area contributed by atoms with Gasteiger partial charge in [0.2, 0.25) is 0 Å². The minimum absolute atomic E-state index is 0.583. The summed E-state index contributed by atoms with van der Waals surface area (Å²) in [6.45, 7) is 2.01. The van der Waals surface area contributed by atoms with Crippen molar-refractivity contribution in [2.24, 2.45) is 0 Å². The highest BCUT2D eigenvalue weighted by Crippen LogP contribution is 2.19. The Morgan fingerprint density at radius 3 is 2.60 bits per heavy atom. The van der Waals surface area contributed by atoms with Crippen molar-refractivity contribution < 1.29 is 0 Å². The summed E-state index contributed by atoms with van der Waals surface area (Å²) < 4.78 is 0. The van der Waals surface area contributed by atoms with E-state index in [1.807, 2.05) is 0 Å². The summed E-state index contributed by atoms with van der Waals surface area (Å²) >= 11 is 0. The molecule has 1 aromatic heterocycles. The first-order chi connectivity index (χ1) is 7.42. The second-order valence-electron chi connectivity index (χ2n) is 3.77. The molecule has 0 spiro atoms. The summed E-state index contributed by atoms with van der Waals surface area (Å²) in [7, 11) is 0. The number of hydrogen-bond donors (Lipinski definition) is 0. The van der Waals surface area contributed by atoms with Crippen molar-refractivity contribution in [1.82, 2.24) is 9.97 Å². The summed E-state index contributed by atoms with van der Waals surface area (Å²) in [5.74, 6) is 0.800. The van der Waals surface area contributed by atoms with Crippen LogP contribution >= 0.6 is 0 Å². The molecule has 1 saturated heterocycles. The van der Waals surface area contributed by atoms with E-state index in [2.05, 4.69) is 20.9 Å². The predicted molar refractivity (Wildman–Crippen MR) is 57.4 cm³/mol. The fourth-order valence-corrected chi connectivity index (χ4v) is 1.94. The summed E-state index contributed by atoms with van der Waals surface area (Å²) in [5, 5.41) is 8.96. The number of rotatable bonds is 1. The van der Waals surface area contributed by atoms with Crippen LogP contribution in [0.4, 0.5) is 5.82 Å². The smallest absolute Gasteiger partial charge is 0.149 e. The Hall–Kier alpha value is -1.63. The molecule has 4 nitrogen and oxygen atoms in total. The van der Waals surface area contributed by atoms with Gasteiger partial charge in [-0.2, -0.15) is 5.26 Å². The number of aromatic nitrogens is 2. The van der Waals surface area contributed by atoms with Crippen LogP contribution in [0, 0.1) is 11.3 Å². The first-order valence-corrected chi connectivity index (χ1v) is 5.37. The second-order valence-corrected chi connectivity index (χ2v) is 3.77. The Balaban J connectivity index is 2.23. The van der Waals surface area contributed by atoms with Gasteiger partial charge in [-0.15, -0.1) is 0 Å². The molecule has 0 saturated carbocycles. The first-order valence-electron chi connectivity index (χ1n) is 5.37. The van der Waals surface area contributed by atoms with Crippen molar-refractivity contribution in [3.8, 4) is 6.07 Å². The SMILES string of the molecule is N#Cc1cncnc1N1CCCCCC1. The predicted octanol–water partition coefficient (Wildman–Crippen LogP) is 1.73. The van der Waals surface area contributed by atoms with E-state index in [4.69, 9.17) is 5.26 Å². The minimum Gasteiger partial charge on any atom is -0.355 e. The van der Waals surface area contributed by atoms with E-state index >= 15 is 0 Å².